The fourth-order valence-corrected chi connectivity index (χ4v) is 3.99. The summed E-state index contributed by atoms with van der Waals surface area (Å²) in [6, 6.07) is 10.5. The summed E-state index contributed by atoms with van der Waals surface area (Å²) in [6.07, 6.45) is 3.81. The number of benzene rings is 1. The average molecular weight is 265 g/mol. The number of nitrogens with zero attached hydrogens (tertiary/aromatic N) is 4. The van der Waals surface area contributed by atoms with Crippen LogP contribution in [0.4, 0.5) is 0 Å². The van der Waals surface area contributed by atoms with E-state index >= 15 is 0 Å². The molecule has 0 fully saturated rings. The van der Waals surface area contributed by atoms with E-state index in [1.165, 1.54) is 21.0 Å². The van der Waals surface area contributed by atoms with Gasteiger partial charge >= 0.3 is 11.4 Å². The molecule has 0 spiro atoms. The van der Waals surface area contributed by atoms with Gasteiger partial charge < -0.3 is 0 Å². The molecular formula is C14H9N4S+. The largest absolute Gasteiger partial charge is 0.364 e. The number of fused-ring (bicyclic) bond motifs is 7. The Morgan fingerprint density at radius 2 is 2.16 bits per heavy atom. The van der Waals surface area contributed by atoms with Crippen molar-refractivity contribution in [3.05, 3.63) is 48.3 Å². The third-order valence-electron chi connectivity index (χ3n) is 3.61. The third kappa shape index (κ3) is 1.11. The minimum absolute atomic E-state index is 0.773. The Balaban J connectivity index is 1.93. The predicted octanol–water partition coefficient (Wildman–Crippen LogP) is 2.26. The summed E-state index contributed by atoms with van der Waals surface area (Å²) >= 11 is 1.79. The molecule has 1 aliphatic rings. The van der Waals surface area contributed by atoms with Gasteiger partial charge in [0, 0.05) is 28.5 Å². The van der Waals surface area contributed by atoms with Gasteiger partial charge in [-0.2, -0.15) is 4.98 Å². The highest BCUT2D eigenvalue weighted by Crippen LogP contribution is 2.35. The first kappa shape index (κ1) is 9.63. The second-order valence-corrected chi connectivity index (χ2v) is 5.66. The van der Waals surface area contributed by atoms with Crippen molar-refractivity contribution in [2.24, 2.45) is 0 Å². The maximum Gasteiger partial charge on any atom is 0.364 e. The molecule has 0 amide bonds. The van der Waals surface area contributed by atoms with Crippen LogP contribution in [0.25, 0.3) is 26.8 Å². The zero-order valence-corrected chi connectivity index (χ0v) is 10.8. The number of hydrogen-bond donors (Lipinski definition) is 0. The fourth-order valence-electron chi connectivity index (χ4n) is 2.75. The van der Waals surface area contributed by atoms with Crippen molar-refractivity contribution >= 4 is 27.6 Å². The topological polar surface area (TPSA) is 34.1 Å². The van der Waals surface area contributed by atoms with Gasteiger partial charge in [-0.15, -0.1) is 0 Å². The van der Waals surface area contributed by atoms with Crippen LogP contribution in [-0.2, 0) is 6.54 Å². The summed E-state index contributed by atoms with van der Waals surface area (Å²) in [5, 5.41) is 1.30. The van der Waals surface area contributed by atoms with Crippen molar-refractivity contribution in [3.63, 3.8) is 0 Å². The van der Waals surface area contributed by atoms with Crippen molar-refractivity contribution in [1.29, 1.82) is 0 Å². The van der Waals surface area contributed by atoms with Crippen LogP contribution in [0.15, 0.2) is 42.7 Å². The minimum atomic E-state index is 0.773. The van der Waals surface area contributed by atoms with E-state index in [4.69, 9.17) is 0 Å². The molecule has 0 N–H and O–H groups in total. The Bertz CT molecular complexity index is 951. The molecule has 0 unspecified atom stereocenters. The Kier molecular flexibility index (Phi) is 1.62. The van der Waals surface area contributed by atoms with E-state index in [1.54, 1.807) is 17.5 Å². The van der Waals surface area contributed by atoms with Crippen molar-refractivity contribution < 1.29 is 4.57 Å². The van der Waals surface area contributed by atoms with E-state index in [-0.39, 0.29) is 0 Å². The van der Waals surface area contributed by atoms with Crippen LogP contribution in [0.2, 0.25) is 0 Å². The molecule has 4 heterocycles. The number of rotatable bonds is 0. The van der Waals surface area contributed by atoms with Gasteiger partial charge in [0.05, 0.1) is 0 Å². The predicted molar refractivity (Wildman–Crippen MR) is 73.1 cm³/mol. The second kappa shape index (κ2) is 3.19. The maximum atomic E-state index is 4.66. The van der Waals surface area contributed by atoms with Crippen molar-refractivity contribution in [2.45, 2.75) is 6.54 Å². The van der Waals surface area contributed by atoms with E-state index < -0.39 is 0 Å². The van der Waals surface area contributed by atoms with Crippen LogP contribution in [0.5, 0.6) is 0 Å². The highest BCUT2D eigenvalue weighted by atomic mass is 32.1. The Hall–Kier alpha value is -2.27. The van der Waals surface area contributed by atoms with Crippen molar-refractivity contribution in [3.8, 4) is 10.6 Å². The molecule has 1 aromatic carbocycles. The summed E-state index contributed by atoms with van der Waals surface area (Å²) in [4.78, 5) is 10.1. The molecule has 3 aromatic heterocycles. The summed E-state index contributed by atoms with van der Waals surface area (Å²) in [5.74, 6) is 0.773. The quantitative estimate of drug-likeness (QED) is 0.402. The van der Waals surface area contributed by atoms with Gasteiger partial charge in [-0.1, -0.05) is 29.5 Å². The lowest BCUT2D eigenvalue weighted by atomic mass is 10.1. The summed E-state index contributed by atoms with van der Waals surface area (Å²) in [5.41, 5.74) is 3.75. The molecule has 5 heteroatoms. The van der Waals surface area contributed by atoms with Crippen LogP contribution in [-0.4, -0.2) is 14.4 Å². The number of imidazole rings is 1. The zero-order valence-electron chi connectivity index (χ0n) is 9.95. The number of thiazole rings is 1. The molecule has 1 aliphatic heterocycles. The van der Waals surface area contributed by atoms with Crippen LogP contribution in [0.1, 0.15) is 5.56 Å². The highest BCUT2D eigenvalue weighted by molar-refractivity contribution is 7.20. The van der Waals surface area contributed by atoms with Crippen molar-refractivity contribution in [2.75, 3.05) is 0 Å². The molecule has 0 bridgehead atoms. The molecule has 0 saturated carbocycles. The number of aromatic nitrogens is 4. The first-order chi connectivity index (χ1) is 9.42. The van der Waals surface area contributed by atoms with Crippen LogP contribution < -0.4 is 4.57 Å². The highest BCUT2D eigenvalue weighted by Gasteiger charge is 2.31. The average Bonchev–Trinajstić information content (AvgIpc) is 3.07. The van der Waals surface area contributed by atoms with Gasteiger partial charge in [0.1, 0.15) is 6.54 Å². The van der Waals surface area contributed by atoms with E-state index in [0.717, 1.165) is 18.0 Å². The van der Waals surface area contributed by atoms with E-state index in [0.29, 0.717) is 0 Å². The molecule has 0 aliphatic carbocycles. The summed E-state index contributed by atoms with van der Waals surface area (Å²) in [6.45, 7) is 0.912. The van der Waals surface area contributed by atoms with Gasteiger partial charge in [-0.3, -0.25) is 0 Å². The molecule has 90 valence electrons. The third-order valence-corrected chi connectivity index (χ3v) is 4.82. The van der Waals surface area contributed by atoms with Gasteiger partial charge in [0.2, 0.25) is 4.83 Å². The van der Waals surface area contributed by atoms with Crippen LogP contribution in [0, 0.1) is 0 Å². The normalized spacial score (nSPS) is 13.1. The van der Waals surface area contributed by atoms with Gasteiger partial charge in [0.15, 0.2) is 5.01 Å². The first-order valence-corrected chi connectivity index (χ1v) is 6.97. The minimum Gasteiger partial charge on any atom is -0.248 e. The second-order valence-electron chi connectivity index (χ2n) is 4.68. The molecule has 4 nitrogen and oxygen atoms in total. The standard InChI is InChI=1S/C14H9N4S/c1-2-5-10-9(4-1)8-18-11-13(19-12(10)18)17-7-3-6-15-14(17)16-11/h1-7H,8H2/q+1. The molecule has 0 radical (unpaired) electrons. The molecule has 5 rings (SSSR count). The SMILES string of the molecule is c1ccc2c(c1)C[n+]1c-2sc2c1nc1ncccn12. The van der Waals surface area contributed by atoms with E-state index in [9.17, 15) is 0 Å². The molecule has 0 saturated heterocycles. The summed E-state index contributed by atoms with van der Waals surface area (Å²) in [7, 11) is 0. The molecular weight excluding hydrogens is 256 g/mol. The van der Waals surface area contributed by atoms with Gasteiger partial charge in [-0.25, -0.2) is 8.97 Å². The lowest BCUT2D eigenvalue weighted by molar-refractivity contribution is -0.643. The monoisotopic (exact) mass is 265 g/mol. The van der Waals surface area contributed by atoms with Gasteiger partial charge in [0.25, 0.3) is 0 Å². The first-order valence-electron chi connectivity index (χ1n) is 6.15. The van der Waals surface area contributed by atoms with Crippen LogP contribution in [0.3, 0.4) is 0 Å². The van der Waals surface area contributed by atoms with Crippen LogP contribution >= 0.6 is 11.3 Å². The Morgan fingerprint density at radius 3 is 3.16 bits per heavy atom. The molecule has 4 aromatic rings. The molecule has 19 heavy (non-hydrogen) atoms. The smallest absolute Gasteiger partial charge is 0.248 e. The Labute approximate surface area is 112 Å². The zero-order chi connectivity index (χ0) is 12.4. The summed E-state index contributed by atoms with van der Waals surface area (Å²) < 4.78 is 4.35. The van der Waals surface area contributed by atoms with E-state index in [2.05, 4.69) is 43.2 Å². The molecule has 0 atom stereocenters. The van der Waals surface area contributed by atoms with Gasteiger partial charge in [-0.05, 0) is 12.1 Å². The number of hydrogen-bond acceptors (Lipinski definition) is 3. The van der Waals surface area contributed by atoms with E-state index in [1.807, 2.05) is 12.3 Å². The van der Waals surface area contributed by atoms with Crippen molar-refractivity contribution in [1.82, 2.24) is 14.4 Å². The maximum absolute atomic E-state index is 4.66. The Morgan fingerprint density at radius 1 is 1.21 bits per heavy atom. The lowest BCUT2D eigenvalue weighted by Gasteiger charge is -1.92. The fraction of sp³-hybridized carbons (Fsp3) is 0.0714. The lowest BCUT2D eigenvalue weighted by Crippen LogP contribution is -2.30.